The number of amides is 2. The Balaban J connectivity index is 1.71. The minimum Gasteiger partial charge on any atom is -0.322 e. The summed E-state index contributed by atoms with van der Waals surface area (Å²) in [5.41, 5.74) is 3.19. The highest BCUT2D eigenvalue weighted by atomic mass is 19.1. The van der Waals surface area contributed by atoms with Crippen molar-refractivity contribution in [2.75, 3.05) is 10.6 Å². The smallest absolute Gasteiger partial charge is 0.255 e. The minimum atomic E-state index is -0.402. The Morgan fingerprint density at radius 2 is 1.69 bits per heavy atom. The first-order valence-electron chi connectivity index (χ1n) is 8.84. The summed E-state index contributed by atoms with van der Waals surface area (Å²) >= 11 is 0. The molecule has 2 N–H and O–H groups in total. The summed E-state index contributed by atoms with van der Waals surface area (Å²) in [6.07, 6.45) is 7.53. The molecule has 146 valence electrons. The van der Waals surface area contributed by atoms with Gasteiger partial charge >= 0.3 is 0 Å². The number of benzene rings is 2. The maximum absolute atomic E-state index is 13.7. The van der Waals surface area contributed by atoms with Gasteiger partial charge in [0.1, 0.15) is 12.1 Å². The summed E-state index contributed by atoms with van der Waals surface area (Å²) in [7, 11) is 0. The van der Waals surface area contributed by atoms with Crippen molar-refractivity contribution >= 4 is 29.3 Å². The molecule has 1 heterocycles. The molecular formula is C22H19FN4O2. The maximum Gasteiger partial charge on any atom is 0.255 e. The van der Waals surface area contributed by atoms with Crippen LogP contribution in [-0.2, 0) is 4.79 Å². The quantitative estimate of drug-likeness (QED) is 0.642. The lowest BCUT2D eigenvalue weighted by Gasteiger charge is -2.10. The Kier molecular flexibility index (Phi) is 6.09. The van der Waals surface area contributed by atoms with Gasteiger partial charge in [-0.2, -0.15) is 0 Å². The summed E-state index contributed by atoms with van der Waals surface area (Å²) in [5, 5.41) is 5.40. The maximum atomic E-state index is 13.7. The van der Waals surface area contributed by atoms with Crippen molar-refractivity contribution in [2.24, 2.45) is 0 Å². The summed E-state index contributed by atoms with van der Waals surface area (Å²) in [6, 6.07) is 9.44. The SMILES string of the molecule is Cc1ccc(NC(=O)c2ccc(C)c(NC(=O)C=Cc3cncnc3)c2)cc1F. The number of aryl methyl sites for hydroxylation is 2. The fraction of sp³-hybridized carbons (Fsp3) is 0.0909. The van der Waals surface area contributed by atoms with Crippen molar-refractivity contribution in [3.63, 3.8) is 0 Å². The van der Waals surface area contributed by atoms with Crippen molar-refractivity contribution in [1.29, 1.82) is 0 Å². The number of hydrogen-bond donors (Lipinski definition) is 2. The van der Waals surface area contributed by atoms with Gasteiger partial charge in [-0.1, -0.05) is 12.1 Å². The highest BCUT2D eigenvalue weighted by Gasteiger charge is 2.11. The predicted molar refractivity (Wildman–Crippen MR) is 110 cm³/mol. The zero-order valence-electron chi connectivity index (χ0n) is 15.9. The molecule has 0 saturated heterocycles. The van der Waals surface area contributed by atoms with Crippen molar-refractivity contribution in [1.82, 2.24) is 9.97 Å². The summed E-state index contributed by atoms with van der Waals surface area (Å²) in [4.78, 5) is 32.4. The summed E-state index contributed by atoms with van der Waals surface area (Å²) < 4.78 is 13.7. The fourth-order valence-electron chi connectivity index (χ4n) is 2.51. The van der Waals surface area contributed by atoms with Crippen molar-refractivity contribution in [2.45, 2.75) is 13.8 Å². The molecule has 0 radical (unpaired) electrons. The molecule has 2 aromatic carbocycles. The number of nitrogens with zero attached hydrogens (tertiary/aromatic N) is 2. The molecule has 0 aliphatic carbocycles. The Labute approximate surface area is 167 Å². The molecular weight excluding hydrogens is 371 g/mol. The van der Waals surface area contributed by atoms with Crippen LogP contribution in [0.4, 0.5) is 15.8 Å². The van der Waals surface area contributed by atoms with Gasteiger partial charge in [0.05, 0.1) is 0 Å². The van der Waals surface area contributed by atoms with Gasteiger partial charge in [0.2, 0.25) is 5.91 Å². The van der Waals surface area contributed by atoms with Crippen LogP contribution in [0.3, 0.4) is 0 Å². The monoisotopic (exact) mass is 390 g/mol. The van der Waals surface area contributed by atoms with E-state index in [0.717, 1.165) is 5.56 Å². The Hall–Kier alpha value is -3.87. The molecule has 7 heteroatoms. The Morgan fingerprint density at radius 3 is 2.41 bits per heavy atom. The first kappa shape index (κ1) is 19.9. The van der Waals surface area contributed by atoms with Gasteiger partial charge in [0.15, 0.2) is 0 Å². The lowest BCUT2D eigenvalue weighted by Crippen LogP contribution is -2.14. The van der Waals surface area contributed by atoms with Gasteiger partial charge in [-0.15, -0.1) is 0 Å². The van der Waals surface area contributed by atoms with E-state index >= 15 is 0 Å². The second kappa shape index (κ2) is 8.88. The number of carbonyl (C=O) groups is 2. The van der Waals surface area contributed by atoms with Crippen molar-refractivity contribution in [3.8, 4) is 0 Å². The molecule has 0 saturated carbocycles. The molecule has 0 aliphatic rings. The number of carbonyl (C=O) groups excluding carboxylic acids is 2. The largest absolute Gasteiger partial charge is 0.322 e. The second-order valence-corrected chi connectivity index (χ2v) is 6.44. The van der Waals surface area contributed by atoms with E-state index in [9.17, 15) is 14.0 Å². The van der Waals surface area contributed by atoms with Crippen LogP contribution in [0, 0.1) is 19.7 Å². The molecule has 3 rings (SSSR count). The summed E-state index contributed by atoms with van der Waals surface area (Å²) in [6.45, 7) is 3.47. The van der Waals surface area contributed by atoms with Crippen LogP contribution in [0.2, 0.25) is 0 Å². The molecule has 0 spiro atoms. The average Bonchev–Trinajstić information content (AvgIpc) is 2.71. The average molecular weight is 390 g/mol. The molecule has 0 aliphatic heterocycles. The zero-order chi connectivity index (χ0) is 20.8. The third-order valence-corrected chi connectivity index (χ3v) is 4.20. The number of hydrogen-bond acceptors (Lipinski definition) is 4. The molecule has 0 unspecified atom stereocenters. The normalized spacial score (nSPS) is 10.7. The van der Waals surface area contributed by atoms with Gasteiger partial charge in [0.25, 0.3) is 5.91 Å². The lowest BCUT2D eigenvalue weighted by atomic mass is 10.1. The van der Waals surface area contributed by atoms with Gasteiger partial charge in [-0.3, -0.25) is 9.59 Å². The van der Waals surface area contributed by atoms with Crippen LogP contribution >= 0.6 is 0 Å². The highest BCUT2D eigenvalue weighted by molar-refractivity contribution is 6.07. The van der Waals surface area contributed by atoms with Crippen molar-refractivity contribution < 1.29 is 14.0 Å². The Bertz CT molecular complexity index is 1080. The van der Waals surface area contributed by atoms with Crippen LogP contribution in [-0.4, -0.2) is 21.8 Å². The van der Waals surface area contributed by atoms with E-state index in [1.165, 1.54) is 18.5 Å². The van der Waals surface area contributed by atoms with E-state index in [1.807, 2.05) is 6.92 Å². The van der Waals surface area contributed by atoms with Crippen LogP contribution in [0.1, 0.15) is 27.0 Å². The summed E-state index contributed by atoms with van der Waals surface area (Å²) in [5.74, 6) is -1.15. The predicted octanol–water partition coefficient (Wildman–Crippen LogP) is 4.14. The molecule has 0 bridgehead atoms. The van der Waals surface area contributed by atoms with Crippen LogP contribution < -0.4 is 10.6 Å². The van der Waals surface area contributed by atoms with E-state index in [1.54, 1.807) is 55.7 Å². The third kappa shape index (κ3) is 5.32. The van der Waals surface area contributed by atoms with E-state index < -0.39 is 11.7 Å². The molecule has 6 nitrogen and oxygen atoms in total. The third-order valence-electron chi connectivity index (χ3n) is 4.20. The number of nitrogens with one attached hydrogen (secondary N) is 2. The lowest BCUT2D eigenvalue weighted by molar-refractivity contribution is -0.111. The fourth-order valence-corrected chi connectivity index (χ4v) is 2.51. The zero-order valence-corrected chi connectivity index (χ0v) is 15.9. The van der Waals surface area contributed by atoms with E-state index in [2.05, 4.69) is 20.6 Å². The standard InChI is InChI=1S/C22H19FN4O2/c1-14-4-7-18(10-19(14)23)26-22(29)17-6-3-15(2)20(9-17)27-21(28)8-5-16-11-24-13-25-12-16/h3-13H,1-2H3,(H,26,29)(H,27,28). The Morgan fingerprint density at radius 1 is 0.966 bits per heavy atom. The molecule has 1 aromatic heterocycles. The van der Waals surface area contributed by atoms with Gasteiger partial charge in [-0.05, 0) is 55.3 Å². The number of aromatic nitrogens is 2. The van der Waals surface area contributed by atoms with E-state index in [4.69, 9.17) is 0 Å². The molecule has 29 heavy (non-hydrogen) atoms. The number of anilines is 2. The number of rotatable bonds is 5. The van der Waals surface area contributed by atoms with E-state index in [-0.39, 0.29) is 5.91 Å². The second-order valence-electron chi connectivity index (χ2n) is 6.44. The molecule has 0 atom stereocenters. The first-order valence-corrected chi connectivity index (χ1v) is 8.84. The minimum absolute atomic E-state index is 0.340. The molecule has 2 amide bonds. The number of halogens is 1. The first-order chi connectivity index (χ1) is 13.9. The van der Waals surface area contributed by atoms with Crippen molar-refractivity contribution in [3.05, 3.63) is 89.3 Å². The molecule has 3 aromatic rings. The van der Waals surface area contributed by atoms with Crippen LogP contribution in [0.5, 0.6) is 0 Å². The van der Waals surface area contributed by atoms with E-state index in [0.29, 0.717) is 28.1 Å². The van der Waals surface area contributed by atoms with Crippen LogP contribution in [0.15, 0.2) is 61.2 Å². The van der Waals surface area contributed by atoms with Gasteiger partial charge in [0, 0.05) is 41.0 Å². The van der Waals surface area contributed by atoms with Gasteiger partial charge in [-0.25, -0.2) is 14.4 Å². The van der Waals surface area contributed by atoms with Gasteiger partial charge < -0.3 is 10.6 Å². The topological polar surface area (TPSA) is 84.0 Å². The molecule has 0 fully saturated rings. The highest BCUT2D eigenvalue weighted by Crippen LogP contribution is 2.19. The van der Waals surface area contributed by atoms with Crippen LogP contribution in [0.25, 0.3) is 6.08 Å².